The molecule has 23 heavy (non-hydrogen) atoms. The largest absolute Gasteiger partial charge is 0.486 e. The summed E-state index contributed by atoms with van der Waals surface area (Å²) >= 11 is 0. The standard InChI is InChI=1S/C17H24N2O3.ClH/c1-17(2,16(20)19-7-3-4-13(18)11-19)12-5-6-14-15(10-12)22-9-8-21-14;/h5-6,10,13H,3-4,7-9,11,18H2,1-2H3;1H. The molecular formula is C17H25ClN2O3. The third kappa shape index (κ3) is 3.56. The molecule has 1 aromatic rings. The van der Waals surface area contributed by atoms with Crippen LogP contribution in [-0.2, 0) is 10.2 Å². The lowest BCUT2D eigenvalue weighted by atomic mass is 9.82. The fourth-order valence-corrected chi connectivity index (χ4v) is 3.15. The number of nitrogens with zero attached hydrogens (tertiary/aromatic N) is 1. The van der Waals surface area contributed by atoms with Crippen LogP contribution in [0.1, 0.15) is 32.3 Å². The van der Waals surface area contributed by atoms with Crippen LogP contribution in [-0.4, -0.2) is 43.2 Å². The topological polar surface area (TPSA) is 64.8 Å². The van der Waals surface area contributed by atoms with Crippen molar-refractivity contribution >= 4 is 18.3 Å². The molecule has 0 aromatic heterocycles. The Bertz CT molecular complexity index is 577. The molecule has 1 unspecified atom stereocenters. The third-order valence-corrected chi connectivity index (χ3v) is 4.54. The lowest BCUT2D eigenvalue weighted by Crippen LogP contribution is -2.51. The van der Waals surface area contributed by atoms with Gasteiger partial charge in [-0.15, -0.1) is 12.4 Å². The first-order valence-electron chi connectivity index (χ1n) is 7.93. The van der Waals surface area contributed by atoms with E-state index in [9.17, 15) is 4.79 Å². The summed E-state index contributed by atoms with van der Waals surface area (Å²) in [5.41, 5.74) is 6.35. The third-order valence-electron chi connectivity index (χ3n) is 4.54. The molecule has 6 heteroatoms. The average molecular weight is 341 g/mol. The van der Waals surface area contributed by atoms with Crippen LogP contribution >= 0.6 is 12.4 Å². The summed E-state index contributed by atoms with van der Waals surface area (Å²) in [6, 6.07) is 5.86. The van der Waals surface area contributed by atoms with Crippen molar-refractivity contribution in [2.45, 2.75) is 38.1 Å². The van der Waals surface area contributed by atoms with E-state index in [4.69, 9.17) is 15.2 Å². The van der Waals surface area contributed by atoms with Gasteiger partial charge in [0.1, 0.15) is 13.2 Å². The maximum atomic E-state index is 12.9. The summed E-state index contributed by atoms with van der Waals surface area (Å²) in [5.74, 6) is 1.59. The Kier molecular flexibility index (Phi) is 5.42. The van der Waals surface area contributed by atoms with Crippen molar-refractivity contribution < 1.29 is 14.3 Å². The van der Waals surface area contributed by atoms with Gasteiger partial charge in [0.05, 0.1) is 5.41 Å². The van der Waals surface area contributed by atoms with Gasteiger partial charge in [-0.2, -0.15) is 0 Å². The SMILES string of the molecule is CC(C)(C(=O)N1CCCC(N)C1)c1ccc2c(c1)OCCO2.Cl. The van der Waals surface area contributed by atoms with Crippen LogP contribution in [0.5, 0.6) is 11.5 Å². The summed E-state index contributed by atoms with van der Waals surface area (Å²) in [4.78, 5) is 14.8. The van der Waals surface area contributed by atoms with E-state index in [0.29, 0.717) is 19.8 Å². The zero-order valence-electron chi connectivity index (χ0n) is 13.7. The second-order valence-corrected chi connectivity index (χ2v) is 6.64. The quantitative estimate of drug-likeness (QED) is 0.895. The average Bonchev–Trinajstić information content (AvgIpc) is 2.53. The molecule has 1 atom stereocenters. The fraction of sp³-hybridized carbons (Fsp3) is 0.588. The van der Waals surface area contributed by atoms with Crippen molar-refractivity contribution in [3.05, 3.63) is 23.8 Å². The molecule has 1 amide bonds. The number of carbonyl (C=O) groups excluding carboxylic acids is 1. The summed E-state index contributed by atoms with van der Waals surface area (Å²) < 4.78 is 11.2. The van der Waals surface area contributed by atoms with E-state index in [2.05, 4.69) is 0 Å². The number of hydrogen-bond acceptors (Lipinski definition) is 4. The number of likely N-dealkylation sites (tertiary alicyclic amines) is 1. The van der Waals surface area contributed by atoms with E-state index < -0.39 is 5.41 Å². The van der Waals surface area contributed by atoms with E-state index >= 15 is 0 Å². The van der Waals surface area contributed by atoms with Crippen LogP contribution in [0.4, 0.5) is 0 Å². The normalized spacial score (nSPS) is 20.7. The first kappa shape index (κ1) is 17.9. The van der Waals surface area contributed by atoms with E-state index in [-0.39, 0.29) is 24.4 Å². The highest BCUT2D eigenvalue weighted by atomic mass is 35.5. The van der Waals surface area contributed by atoms with Crippen LogP contribution in [0.25, 0.3) is 0 Å². The highest BCUT2D eigenvalue weighted by molar-refractivity contribution is 5.87. The molecule has 0 spiro atoms. The number of benzene rings is 1. The minimum absolute atomic E-state index is 0. The molecule has 0 bridgehead atoms. The van der Waals surface area contributed by atoms with Gasteiger partial charge in [-0.05, 0) is 44.4 Å². The molecule has 1 fully saturated rings. The van der Waals surface area contributed by atoms with Gasteiger partial charge in [-0.1, -0.05) is 6.07 Å². The lowest BCUT2D eigenvalue weighted by molar-refractivity contribution is -0.137. The number of piperidine rings is 1. The van der Waals surface area contributed by atoms with Gasteiger partial charge in [0.15, 0.2) is 11.5 Å². The van der Waals surface area contributed by atoms with E-state index in [1.165, 1.54) is 0 Å². The Morgan fingerprint density at radius 1 is 1.26 bits per heavy atom. The fourth-order valence-electron chi connectivity index (χ4n) is 3.15. The predicted octanol–water partition coefficient (Wildman–Crippen LogP) is 2.11. The first-order valence-corrected chi connectivity index (χ1v) is 7.93. The Balaban J connectivity index is 0.00000192. The molecule has 0 radical (unpaired) electrons. The summed E-state index contributed by atoms with van der Waals surface area (Å²) in [6.45, 7) is 6.47. The minimum atomic E-state index is -0.604. The smallest absolute Gasteiger partial charge is 0.232 e. The number of hydrogen-bond donors (Lipinski definition) is 1. The molecule has 2 heterocycles. The minimum Gasteiger partial charge on any atom is -0.486 e. The Hall–Kier alpha value is -1.46. The molecule has 1 saturated heterocycles. The summed E-state index contributed by atoms with van der Waals surface area (Å²) in [6.07, 6.45) is 1.97. The van der Waals surface area contributed by atoms with Crippen molar-refractivity contribution in [3.63, 3.8) is 0 Å². The number of ether oxygens (including phenoxy) is 2. The predicted molar refractivity (Wildman–Crippen MR) is 91.5 cm³/mol. The molecular weight excluding hydrogens is 316 g/mol. The highest BCUT2D eigenvalue weighted by Gasteiger charge is 2.36. The van der Waals surface area contributed by atoms with Crippen LogP contribution in [0.2, 0.25) is 0 Å². The Labute approximate surface area is 143 Å². The number of fused-ring (bicyclic) bond motifs is 1. The van der Waals surface area contributed by atoms with Gasteiger partial charge in [0.2, 0.25) is 5.91 Å². The van der Waals surface area contributed by atoms with Crippen molar-refractivity contribution in [2.24, 2.45) is 5.73 Å². The molecule has 1 aromatic carbocycles. The van der Waals surface area contributed by atoms with Crippen LogP contribution in [0.3, 0.4) is 0 Å². The maximum absolute atomic E-state index is 12.9. The maximum Gasteiger partial charge on any atom is 0.232 e. The van der Waals surface area contributed by atoms with Gasteiger partial charge in [-0.3, -0.25) is 4.79 Å². The molecule has 2 N–H and O–H groups in total. The number of rotatable bonds is 2. The molecule has 0 saturated carbocycles. The molecule has 5 nitrogen and oxygen atoms in total. The van der Waals surface area contributed by atoms with Crippen LogP contribution in [0.15, 0.2) is 18.2 Å². The zero-order chi connectivity index (χ0) is 15.7. The Morgan fingerprint density at radius 3 is 2.65 bits per heavy atom. The van der Waals surface area contributed by atoms with E-state index in [0.717, 1.165) is 36.4 Å². The van der Waals surface area contributed by atoms with Crippen molar-refractivity contribution in [1.82, 2.24) is 4.90 Å². The molecule has 3 rings (SSSR count). The highest BCUT2D eigenvalue weighted by Crippen LogP contribution is 2.36. The summed E-state index contributed by atoms with van der Waals surface area (Å²) in [5, 5.41) is 0. The number of halogens is 1. The second kappa shape index (κ2) is 6.97. The number of amides is 1. The molecule has 2 aliphatic rings. The van der Waals surface area contributed by atoms with Gasteiger partial charge in [0, 0.05) is 19.1 Å². The van der Waals surface area contributed by atoms with Crippen LogP contribution < -0.4 is 15.2 Å². The van der Waals surface area contributed by atoms with Crippen molar-refractivity contribution in [2.75, 3.05) is 26.3 Å². The number of carbonyl (C=O) groups is 1. The van der Waals surface area contributed by atoms with Gasteiger partial charge in [0.25, 0.3) is 0 Å². The molecule has 2 aliphatic heterocycles. The number of nitrogens with two attached hydrogens (primary N) is 1. The van der Waals surface area contributed by atoms with Gasteiger partial charge >= 0.3 is 0 Å². The van der Waals surface area contributed by atoms with Gasteiger partial charge < -0.3 is 20.1 Å². The van der Waals surface area contributed by atoms with E-state index in [1.54, 1.807) is 0 Å². The van der Waals surface area contributed by atoms with Crippen molar-refractivity contribution in [3.8, 4) is 11.5 Å². The second-order valence-electron chi connectivity index (χ2n) is 6.64. The lowest BCUT2D eigenvalue weighted by Gasteiger charge is -2.37. The monoisotopic (exact) mass is 340 g/mol. The Morgan fingerprint density at radius 2 is 1.96 bits per heavy atom. The molecule has 0 aliphatic carbocycles. The summed E-state index contributed by atoms with van der Waals surface area (Å²) in [7, 11) is 0. The molecule has 128 valence electrons. The van der Waals surface area contributed by atoms with Crippen molar-refractivity contribution in [1.29, 1.82) is 0 Å². The van der Waals surface area contributed by atoms with Gasteiger partial charge in [-0.25, -0.2) is 0 Å². The zero-order valence-corrected chi connectivity index (χ0v) is 14.5. The first-order chi connectivity index (χ1) is 10.5. The van der Waals surface area contributed by atoms with E-state index in [1.807, 2.05) is 36.9 Å². The van der Waals surface area contributed by atoms with Crippen LogP contribution in [0, 0.1) is 0 Å².